The number of rotatable bonds is 6. The Morgan fingerprint density at radius 2 is 1.96 bits per heavy atom. The van der Waals surface area contributed by atoms with Crippen molar-refractivity contribution in [2.75, 3.05) is 23.8 Å². The molecule has 1 aromatic heterocycles. The summed E-state index contributed by atoms with van der Waals surface area (Å²) in [5.74, 6) is 1.25. The molecule has 24 heavy (non-hydrogen) atoms. The van der Waals surface area contributed by atoms with Crippen molar-refractivity contribution in [2.45, 2.75) is 13.3 Å². The van der Waals surface area contributed by atoms with Crippen molar-refractivity contribution in [3.8, 4) is 0 Å². The lowest BCUT2D eigenvalue weighted by molar-refractivity contribution is 0.292. The van der Waals surface area contributed by atoms with E-state index in [-0.39, 0.29) is 6.61 Å². The number of hydrogen-bond donors (Lipinski definition) is 3. The van der Waals surface area contributed by atoms with Gasteiger partial charge < -0.3 is 15.7 Å². The van der Waals surface area contributed by atoms with Gasteiger partial charge in [-0.2, -0.15) is 4.98 Å². The van der Waals surface area contributed by atoms with Crippen LogP contribution in [-0.4, -0.2) is 28.2 Å². The number of para-hydroxylation sites is 1. The smallest absolute Gasteiger partial charge is 0.229 e. The molecular formula is C18H19ClN4O. The van der Waals surface area contributed by atoms with Crippen LogP contribution in [0.4, 0.5) is 17.5 Å². The summed E-state index contributed by atoms with van der Waals surface area (Å²) in [5, 5.41) is 17.1. The molecule has 0 atom stereocenters. The molecule has 0 aliphatic rings. The van der Waals surface area contributed by atoms with Crippen molar-refractivity contribution >= 4 is 40.0 Å². The lowest BCUT2D eigenvalue weighted by Crippen LogP contribution is -2.08. The SMILES string of the molecule is Cc1ccc(Nc2nc(NCCCO)c3ccccc3n2)cc1Cl. The minimum atomic E-state index is 0.142. The van der Waals surface area contributed by atoms with Gasteiger partial charge in [-0.25, -0.2) is 4.98 Å². The lowest BCUT2D eigenvalue weighted by atomic mass is 10.2. The van der Waals surface area contributed by atoms with Crippen LogP contribution in [-0.2, 0) is 0 Å². The number of benzene rings is 2. The zero-order valence-corrected chi connectivity index (χ0v) is 14.1. The molecular weight excluding hydrogens is 324 g/mol. The van der Waals surface area contributed by atoms with Crippen molar-refractivity contribution in [1.82, 2.24) is 9.97 Å². The molecule has 0 aliphatic heterocycles. The first-order valence-electron chi connectivity index (χ1n) is 7.82. The maximum atomic E-state index is 8.96. The highest BCUT2D eigenvalue weighted by Crippen LogP contribution is 2.25. The van der Waals surface area contributed by atoms with Crippen molar-refractivity contribution in [1.29, 1.82) is 0 Å². The Balaban J connectivity index is 1.93. The Morgan fingerprint density at radius 1 is 1.12 bits per heavy atom. The molecule has 0 aliphatic carbocycles. The Morgan fingerprint density at radius 3 is 2.75 bits per heavy atom. The monoisotopic (exact) mass is 342 g/mol. The summed E-state index contributed by atoms with van der Waals surface area (Å²) in [5.41, 5.74) is 2.70. The highest BCUT2D eigenvalue weighted by atomic mass is 35.5. The maximum absolute atomic E-state index is 8.96. The molecule has 3 N–H and O–H groups in total. The van der Waals surface area contributed by atoms with Crippen LogP contribution in [0.15, 0.2) is 42.5 Å². The predicted octanol–water partition coefficient (Wildman–Crippen LogP) is 4.13. The average Bonchev–Trinajstić information content (AvgIpc) is 2.58. The minimum absolute atomic E-state index is 0.142. The van der Waals surface area contributed by atoms with Gasteiger partial charge in [0.1, 0.15) is 5.82 Å². The Hall–Kier alpha value is -2.37. The molecule has 0 bridgehead atoms. The van der Waals surface area contributed by atoms with Crippen LogP contribution < -0.4 is 10.6 Å². The lowest BCUT2D eigenvalue weighted by Gasteiger charge is -2.12. The van der Waals surface area contributed by atoms with Gasteiger partial charge in [0.15, 0.2) is 0 Å². The summed E-state index contributed by atoms with van der Waals surface area (Å²) < 4.78 is 0. The average molecular weight is 343 g/mol. The van der Waals surface area contributed by atoms with E-state index in [1.807, 2.05) is 49.4 Å². The van der Waals surface area contributed by atoms with E-state index >= 15 is 0 Å². The second-order valence-corrected chi connectivity index (χ2v) is 5.91. The highest BCUT2D eigenvalue weighted by molar-refractivity contribution is 6.31. The van der Waals surface area contributed by atoms with Crippen LogP contribution in [0.25, 0.3) is 10.9 Å². The van der Waals surface area contributed by atoms with Gasteiger partial charge in [-0.15, -0.1) is 0 Å². The molecule has 0 saturated heterocycles. The van der Waals surface area contributed by atoms with Crippen molar-refractivity contribution in [3.05, 3.63) is 53.1 Å². The van der Waals surface area contributed by atoms with E-state index in [0.717, 1.165) is 28.0 Å². The third-order valence-corrected chi connectivity index (χ3v) is 4.07. The molecule has 6 heteroatoms. The fraction of sp³-hybridized carbons (Fsp3) is 0.222. The number of aromatic nitrogens is 2. The van der Waals surface area contributed by atoms with E-state index in [2.05, 4.69) is 20.6 Å². The zero-order chi connectivity index (χ0) is 16.9. The van der Waals surface area contributed by atoms with Crippen LogP contribution in [0.2, 0.25) is 5.02 Å². The van der Waals surface area contributed by atoms with Crippen molar-refractivity contribution in [3.63, 3.8) is 0 Å². The van der Waals surface area contributed by atoms with Gasteiger partial charge in [-0.05, 0) is 43.2 Å². The Kier molecular flexibility index (Phi) is 5.13. The Labute approximate surface area is 145 Å². The second kappa shape index (κ2) is 7.47. The van der Waals surface area contributed by atoms with E-state index in [4.69, 9.17) is 16.7 Å². The van der Waals surface area contributed by atoms with Gasteiger partial charge in [0.05, 0.1) is 5.52 Å². The fourth-order valence-corrected chi connectivity index (χ4v) is 2.53. The van der Waals surface area contributed by atoms with Crippen LogP contribution >= 0.6 is 11.6 Å². The number of fused-ring (bicyclic) bond motifs is 1. The fourth-order valence-electron chi connectivity index (χ4n) is 2.35. The van der Waals surface area contributed by atoms with Crippen LogP contribution in [0.3, 0.4) is 0 Å². The second-order valence-electron chi connectivity index (χ2n) is 5.51. The number of aryl methyl sites for hydroxylation is 1. The molecule has 0 amide bonds. The number of halogens is 1. The van der Waals surface area contributed by atoms with E-state index in [9.17, 15) is 0 Å². The summed E-state index contributed by atoms with van der Waals surface area (Å²) in [6.45, 7) is 2.75. The van der Waals surface area contributed by atoms with Crippen LogP contribution in [0, 0.1) is 6.92 Å². The number of aliphatic hydroxyl groups excluding tert-OH is 1. The number of nitrogens with zero attached hydrogens (tertiary/aromatic N) is 2. The van der Waals surface area contributed by atoms with Crippen LogP contribution in [0.1, 0.15) is 12.0 Å². The van der Waals surface area contributed by atoms with Gasteiger partial charge in [0.2, 0.25) is 5.95 Å². The van der Waals surface area contributed by atoms with E-state index in [1.165, 1.54) is 0 Å². The first kappa shape index (κ1) is 16.5. The van der Waals surface area contributed by atoms with Crippen molar-refractivity contribution in [2.24, 2.45) is 0 Å². The molecule has 2 aromatic carbocycles. The minimum Gasteiger partial charge on any atom is -0.396 e. The zero-order valence-electron chi connectivity index (χ0n) is 13.4. The molecule has 124 valence electrons. The molecule has 0 radical (unpaired) electrons. The summed E-state index contributed by atoms with van der Waals surface area (Å²) in [6, 6.07) is 13.6. The van der Waals surface area contributed by atoms with Gasteiger partial charge in [-0.1, -0.05) is 29.8 Å². The van der Waals surface area contributed by atoms with Gasteiger partial charge in [0, 0.05) is 29.2 Å². The van der Waals surface area contributed by atoms with Crippen molar-refractivity contribution < 1.29 is 5.11 Å². The van der Waals surface area contributed by atoms with Gasteiger partial charge >= 0.3 is 0 Å². The topological polar surface area (TPSA) is 70.1 Å². The third kappa shape index (κ3) is 3.75. The molecule has 3 aromatic rings. The largest absolute Gasteiger partial charge is 0.396 e. The first-order chi connectivity index (χ1) is 11.7. The summed E-state index contributed by atoms with van der Waals surface area (Å²) in [4.78, 5) is 9.12. The quantitative estimate of drug-likeness (QED) is 0.587. The first-order valence-corrected chi connectivity index (χ1v) is 8.20. The summed E-state index contributed by atoms with van der Waals surface area (Å²) >= 11 is 6.17. The third-order valence-electron chi connectivity index (χ3n) is 3.66. The highest BCUT2D eigenvalue weighted by Gasteiger charge is 2.08. The number of hydrogen-bond acceptors (Lipinski definition) is 5. The van der Waals surface area contributed by atoms with E-state index in [1.54, 1.807) is 0 Å². The molecule has 5 nitrogen and oxygen atoms in total. The van der Waals surface area contributed by atoms with Crippen LogP contribution in [0.5, 0.6) is 0 Å². The molecule has 0 fully saturated rings. The molecule has 0 unspecified atom stereocenters. The summed E-state index contributed by atoms with van der Waals surface area (Å²) in [7, 11) is 0. The molecule has 0 spiro atoms. The number of anilines is 3. The molecule has 1 heterocycles. The van der Waals surface area contributed by atoms with Gasteiger partial charge in [0.25, 0.3) is 0 Å². The molecule has 0 saturated carbocycles. The normalized spacial score (nSPS) is 10.8. The Bertz CT molecular complexity index is 854. The maximum Gasteiger partial charge on any atom is 0.229 e. The molecule has 3 rings (SSSR count). The standard InChI is InChI=1S/C18H19ClN4O/c1-12-7-8-13(11-15(12)19)21-18-22-16-6-3-2-5-14(16)17(23-18)20-9-4-10-24/h2-3,5-8,11,24H,4,9-10H2,1H3,(H2,20,21,22,23). The van der Waals surface area contributed by atoms with E-state index < -0.39 is 0 Å². The number of aliphatic hydroxyl groups is 1. The predicted molar refractivity (Wildman–Crippen MR) is 99.2 cm³/mol. The number of nitrogens with one attached hydrogen (secondary N) is 2. The van der Waals surface area contributed by atoms with Gasteiger partial charge in [-0.3, -0.25) is 0 Å². The van der Waals surface area contributed by atoms with E-state index in [0.29, 0.717) is 23.9 Å². The summed E-state index contributed by atoms with van der Waals surface area (Å²) in [6.07, 6.45) is 0.661.